The van der Waals surface area contributed by atoms with Crippen LogP contribution in [0.3, 0.4) is 0 Å². The van der Waals surface area contributed by atoms with Crippen LogP contribution in [0.25, 0.3) is 0 Å². The van der Waals surface area contributed by atoms with Gasteiger partial charge in [0.25, 0.3) is 0 Å². The Morgan fingerprint density at radius 2 is 1.56 bits per heavy atom. The molecule has 0 bridgehead atoms. The summed E-state index contributed by atoms with van der Waals surface area (Å²) >= 11 is 0. The lowest BCUT2D eigenvalue weighted by molar-refractivity contribution is -0.121. The summed E-state index contributed by atoms with van der Waals surface area (Å²) in [5.74, 6) is 0.330. The lowest BCUT2D eigenvalue weighted by atomic mass is 10.1. The van der Waals surface area contributed by atoms with E-state index in [0.29, 0.717) is 17.2 Å². The van der Waals surface area contributed by atoms with E-state index >= 15 is 0 Å². The summed E-state index contributed by atoms with van der Waals surface area (Å²) in [6.45, 7) is 1.85. The summed E-state index contributed by atoms with van der Waals surface area (Å²) in [6, 6.07) is 9.51. The van der Waals surface area contributed by atoms with Crippen molar-refractivity contribution < 1.29 is 28.9 Å². The summed E-state index contributed by atoms with van der Waals surface area (Å²) in [7, 11) is 4.59. The van der Waals surface area contributed by atoms with Crippen LogP contribution in [0.2, 0.25) is 0 Å². The number of benzene rings is 2. The molecule has 27 heavy (non-hydrogen) atoms. The smallest absolute Gasteiger partial charge is 0.335 e. The predicted octanol–water partition coefficient (Wildman–Crippen LogP) is 2.83. The molecule has 1 atom stereocenters. The maximum absolute atomic E-state index is 12.3. The number of carbonyl (C=O) groups excluding carboxylic acids is 1. The van der Waals surface area contributed by atoms with Crippen LogP contribution in [0.15, 0.2) is 36.4 Å². The Labute approximate surface area is 157 Å². The van der Waals surface area contributed by atoms with Gasteiger partial charge in [-0.2, -0.15) is 0 Å². The van der Waals surface area contributed by atoms with Gasteiger partial charge in [0.1, 0.15) is 0 Å². The number of amides is 1. The van der Waals surface area contributed by atoms with Crippen molar-refractivity contribution in [2.75, 3.05) is 21.3 Å². The first kappa shape index (κ1) is 20.1. The zero-order chi connectivity index (χ0) is 20.0. The molecule has 2 aromatic carbocycles. The van der Waals surface area contributed by atoms with Crippen LogP contribution in [0.4, 0.5) is 0 Å². The van der Waals surface area contributed by atoms with Gasteiger partial charge in [-0.1, -0.05) is 12.1 Å². The normalized spacial score (nSPS) is 11.4. The van der Waals surface area contributed by atoms with E-state index in [0.717, 1.165) is 11.1 Å². The van der Waals surface area contributed by atoms with Gasteiger partial charge in [-0.25, -0.2) is 4.79 Å². The molecule has 1 amide bonds. The summed E-state index contributed by atoms with van der Waals surface area (Å²) in [4.78, 5) is 23.2. The van der Waals surface area contributed by atoms with E-state index in [1.807, 2.05) is 6.92 Å². The molecule has 0 heterocycles. The molecule has 144 valence electrons. The van der Waals surface area contributed by atoms with Gasteiger partial charge >= 0.3 is 5.97 Å². The van der Waals surface area contributed by atoms with Crippen molar-refractivity contribution in [1.82, 2.24) is 5.32 Å². The number of carboxylic acid groups (broad SMARTS) is 1. The monoisotopic (exact) mass is 373 g/mol. The Morgan fingerprint density at radius 1 is 1.00 bits per heavy atom. The molecule has 2 rings (SSSR count). The largest absolute Gasteiger partial charge is 0.493 e. The molecule has 0 saturated carbocycles. The Kier molecular flexibility index (Phi) is 6.65. The number of carboxylic acids is 1. The highest BCUT2D eigenvalue weighted by Gasteiger charge is 2.17. The summed E-state index contributed by atoms with van der Waals surface area (Å²) < 4.78 is 16.0. The van der Waals surface area contributed by atoms with Gasteiger partial charge in [0.15, 0.2) is 11.5 Å². The lowest BCUT2D eigenvalue weighted by Crippen LogP contribution is -2.28. The summed E-state index contributed by atoms with van der Waals surface area (Å²) in [6.07, 6.45) is 0.147. The van der Waals surface area contributed by atoms with Crippen LogP contribution >= 0.6 is 0 Å². The molecule has 2 aromatic rings. The lowest BCUT2D eigenvalue weighted by Gasteiger charge is -2.19. The first-order chi connectivity index (χ1) is 12.9. The Hall–Kier alpha value is -3.22. The molecule has 7 nitrogen and oxygen atoms in total. The van der Waals surface area contributed by atoms with Crippen LogP contribution < -0.4 is 19.5 Å². The zero-order valence-corrected chi connectivity index (χ0v) is 15.7. The molecule has 0 aliphatic heterocycles. The second kappa shape index (κ2) is 8.93. The number of rotatable bonds is 8. The molecule has 1 unspecified atom stereocenters. The van der Waals surface area contributed by atoms with E-state index in [1.165, 1.54) is 33.5 Å². The number of hydrogen-bond acceptors (Lipinski definition) is 5. The number of methoxy groups -OCH3 is 3. The van der Waals surface area contributed by atoms with Gasteiger partial charge < -0.3 is 24.6 Å². The van der Waals surface area contributed by atoms with Gasteiger partial charge in [-0.05, 0) is 42.3 Å². The Morgan fingerprint density at radius 3 is 2.00 bits per heavy atom. The van der Waals surface area contributed by atoms with Crippen molar-refractivity contribution in [3.8, 4) is 17.2 Å². The van der Waals surface area contributed by atoms with Crippen molar-refractivity contribution >= 4 is 11.9 Å². The van der Waals surface area contributed by atoms with E-state index in [-0.39, 0.29) is 23.9 Å². The molecule has 0 aromatic heterocycles. The molecular weight excluding hydrogens is 350 g/mol. The quantitative estimate of drug-likeness (QED) is 0.739. The van der Waals surface area contributed by atoms with Gasteiger partial charge in [-0.3, -0.25) is 4.79 Å². The molecule has 7 heteroatoms. The highest BCUT2D eigenvalue weighted by atomic mass is 16.5. The third-order valence-electron chi connectivity index (χ3n) is 4.13. The van der Waals surface area contributed by atoms with Crippen LogP contribution in [-0.4, -0.2) is 38.3 Å². The predicted molar refractivity (Wildman–Crippen MR) is 99.8 cm³/mol. The fraction of sp³-hybridized carbons (Fsp3) is 0.300. The van der Waals surface area contributed by atoms with Gasteiger partial charge in [-0.15, -0.1) is 0 Å². The maximum Gasteiger partial charge on any atom is 0.335 e. The van der Waals surface area contributed by atoms with Crippen LogP contribution in [0.5, 0.6) is 17.2 Å². The first-order valence-corrected chi connectivity index (χ1v) is 8.31. The fourth-order valence-electron chi connectivity index (χ4n) is 2.68. The summed E-state index contributed by atoms with van der Waals surface area (Å²) in [5.41, 5.74) is 1.72. The SMILES string of the molecule is COc1cc(C(C)NC(=O)Cc2ccc(C(=O)O)cc2)cc(OC)c1OC. The fourth-order valence-corrected chi connectivity index (χ4v) is 2.68. The minimum Gasteiger partial charge on any atom is -0.493 e. The van der Waals surface area contributed by atoms with Crippen LogP contribution in [-0.2, 0) is 11.2 Å². The van der Waals surface area contributed by atoms with Crippen molar-refractivity contribution in [3.63, 3.8) is 0 Å². The second-order valence-electron chi connectivity index (χ2n) is 5.93. The molecule has 0 spiro atoms. The molecule has 0 saturated heterocycles. The molecule has 0 aliphatic carbocycles. The van der Waals surface area contributed by atoms with Crippen molar-refractivity contribution in [2.24, 2.45) is 0 Å². The van der Waals surface area contributed by atoms with E-state index < -0.39 is 5.97 Å². The van der Waals surface area contributed by atoms with Crippen LogP contribution in [0.1, 0.15) is 34.5 Å². The minimum absolute atomic E-state index is 0.147. The van der Waals surface area contributed by atoms with Crippen LogP contribution in [0, 0.1) is 0 Å². The topological polar surface area (TPSA) is 94.1 Å². The molecule has 2 N–H and O–H groups in total. The number of aromatic carboxylic acids is 1. The zero-order valence-electron chi connectivity index (χ0n) is 15.7. The molecule has 0 aliphatic rings. The van der Waals surface area contributed by atoms with Gasteiger partial charge in [0.05, 0.1) is 39.4 Å². The van der Waals surface area contributed by atoms with E-state index in [9.17, 15) is 9.59 Å². The molecule has 0 fully saturated rings. The maximum atomic E-state index is 12.3. The van der Waals surface area contributed by atoms with Crippen molar-refractivity contribution in [2.45, 2.75) is 19.4 Å². The van der Waals surface area contributed by atoms with E-state index in [1.54, 1.807) is 24.3 Å². The average Bonchev–Trinajstić information content (AvgIpc) is 2.66. The standard InChI is InChI=1S/C20H23NO6/c1-12(15-10-16(25-2)19(27-4)17(11-15)26-3)21-18(22)9-13-5-7-14(8-6-13)20(23)24/h5-8,10-12H,9H2,1-4H3,(H,21,22)(H,23,24). The number of nitrogens with one attached hydrogen (secondary N) is 1. The first-order valence-electron chi connectivity index (χ1n) is 8.31. The molecule has 0 radical (unpaired) electrons. The Balaban J connectivity index is 2.10. The third kappa shape index (κ3) is 4.91. The highest BCUT2D eigenvalue weighted by Crippen LogP contribution is 2.39. The van der Waals surface area contributed by atoms with Gasteiger partial charge in [0, 0.05) is 0 Å². The minimum atomic E-state index is -0.998. The number of carbonyl (C=O) groups is 2. The number of ether oxygens (including phenoxy) is 3. The summed E-state index contributed by atoms with van der Waals surface area (Å²) in [5, 5.41) is 11.8. The average molecular weight is 373 g/mol. The van der Waals surface area contributed by atoms with E-state index in [2.05, 4.69) is 5.32 Å². The van der Waals surface area contributed by atoms with Crippen molar-refractivity contribution in [1.29, 1.82) is 0 Å². The van der Waals surface area contributed by atoms with Crippen molar-refractivity contribution in [3.05, 3.63) is 53.1 Å². The Bertz CT molecular complexity index is 791. The number of hydrogen-bond donors (Lipinski definition) is 2. The third-order valence-corrected chi connectivity index (χ3v) is 4.13. The molecular formula is C20H23NO6. The highest BCUT2D eigenvalue weighted by molar-refractivity contribution is 5.87. The second-order valence-corrected chi connectivity index (χ2v) is 5.93. The van der Waals surface area contributed by atoms with Gasteiger partial charge in [0.2, 0.25) is 11.7 Å². The van der Waals surface area contributed by atoms with E-state index in [4.69, 9.17) is 19.3 Å².